The summed E-state index contributed by atoms with van der Waals surface area (Å²) in [4.78, 5) is 26.0. The van der Waals surface area contributed by atoms with Crippen molar-refractivity contribution in [3.63, 3.8) is 0 Å². The van der Waals surface area contributed by atoms with Crippen molar-refractivity contribution in [1.82, 2.24) is 9.47 Å². The Kier molecular flexibility index (Phi) is 5.08. The molecule has 1 aliphatic heterocycles. The van der Waals surface area contributed by atoms with Gasteiger partial charge >= 0.3 is 5.97 Å². The van der Waals surface area contributed by atoms with Crippen LogP contribution in [-0.2, 0) is 20.9 Å². The average molecular weight is 344 g/mol. The van der Waals surface area contributed by atoms with Gasteiger partial charge in [-0.15, -0.1) is 0 Å². The van der Waals surface area contributed by atoms with Crippen LogP contribution in [0.15, 0.2) is 36.5 Å². The van der Waals surface area contributed by atoms with Gasteiger partial charge in [0, 0.05) is 44.9 Å². The maximum absolute atomic E-state index is 12.6. The molecule has 2 heterocycles. The highest BCUT2D eigenvalue weighted by Gasteiger charge is 2.43. The number of para-hydroxylation sites is 1. The zero-order valence-corrected chi connectivity index (χ0v) is 14.5. The summed E-state index contributed by atoms with van der Waals surface area (Å²) < 4.78 is 7.18. The maximum atomic E-state index is 12.6. The molecule has 0 radical (unpaired) electrons. The molecule has 1 unspecified atom stereocenters. The molecule has 134 valence electrons. The fourth-order valence-electron chi connectivity index (χ4n) is 3.68. The molecule has 0 saturated carbocycles. The van der Waals surface area contributed by atoms with E-state index in [0.717, 1.165) is 10.9 Å². The van der Waals surface area contributed by atoms with Crippen molar-refractivity contribution >= 4 is 22.8 Å². The van der Waals surface area contributed by atoms with Gasteiger partial charge in [-0.05, 0) is 30.4 Å². The zero-order valence-electron chi connectivity index (χ0n) is 14.5. The normalized spacial score (nSPS) is 20.8. The molecule has 6 nitrogen and oxygen atoms in total. The second kappa shape index (κ2) is 7.27. The van der Waals surface area contributed by atoms with Gasteiger partial charge in [0.2, 0.25) is 5.91 Å². The third-order valence-electron chi connectivity index (χ3n) is 5.05. The molecule has 1 aliphatic rings. The van der Waals surface area contributed by atoms with Crippen molar-refractivity contribution in [1.29, 1.82) is 0 Å². The van der Waals surface area contributed by atoms with E-state index in [2.05, 4.69) is 4.57 Å². The number of ether oxygens (including phenoxy) is 1. The number of fused-ring (bicyclic) bond motifs is 1. The van der Waals surface area contributed by atoms with Gasteiger partial charge in [0.05, 0.1) is 6.61 Å². The number of benzene rings is 1. The van der Waals surface area contributed by atoms with Crippen LogP contribution in [0.25, 0.3) is 10.9 Å². The summed E-state index contributed by atoms with van der Waals surface area (Å²) in [7, 11) is 1.50. The zero-order chi connectivity index (χ0) is 17.9. The number of likely N-dealkylation sites (tertiary alicyclic amines) is 1. The number of nitrogens with zero attached hydrogens (tertiary/aromatic N) is 2. The van der Waals surface area contributed by atoms with Crippen molar-refractivity contribution in [3.05, 3.63) is 36.5 Å². The minimum atomic E-state index is -0.983. The lowest BCUT2D eigenvalue weighted by molar-refractivity contribution is -0.159. The number of carboxylic acids is 1. The van der Waals surface area contributed by atoms with Gasteiger partial charge < -0.3 is 19.3 Å². The standard InChI is InChI=1S/C19H24N2O4/c1-25-14-19(18(23)24)9-4-10-21(13-19)17(22)8-12-20-11-7-15-5-2-3-6-16(15)20/h2-3,5-7,11H,4,8-10,12-14H2,1H3,(H,23,24). The number of carbonyl (C=O) groups excluding carboxylic acids is 1. The highest BCUT2D eigenvalue weighted by molar-refractivity contribution is 5.81. The van der Waals surface area contributed by atoms with Gasteiger partial charge in [0.15, 0.2) is 0 Å². The number of amides is 1. The largest absolute Gasteiger partial charge is 0.481 e. The molecule has 1 fully saturated rings. The molecule has 1 atom stereocenters. The smallest absolute Gasteiger partial charge is 0.313 e. The monoisotopic (exact) mass is 344 g/mol. The Morgan fingerprint density at radius 3 is 2.84 bits per heavy atom. The van der Waals surface area contributed by atoms with Gasteiger partial charge in [0.25, 0.3) is 0 Å². The van der Waals surface area contributed by atoms with Crippen LogP contribution >= 0.6 is 0 Å². The number of hydrogen-bond donors (Lipinski definition) is 1. The summed E-state index contributed by atoms with van der Waals surface area (Å²) >= 11 is 0. The van der Waals surface area contributed by atoms with E-state index in [4.69, 9.17) is 4.74 Å². The highest BCUT2D eigenvalue weighted by Crippen LogP contribution is 2.31. The van der Waals surface area contributed by atoms with E-state index in [1.165, 1.54) is 7.11 Å². The molecule has 1 N–H and O–H groups in total. The van der Waals surface area contributed by atoms with E-state index >= 15 is 0 Å². The van der Waals surface area contributed by atoms with Crippen LogP contribution in [0.2, 0.25) is 0 Å². The van der Waals surface area contributed by atoms with E-state index in [9.17, 15) is 14.7 Å². The Labute approximate surface area is 147 Å². The summed E-state index contributed by atoms with van der Waals surface area (Å²) in [6, 6.07) is 10.1. The van der Waals surface area contributed by atoms with Crippen LogP contribution in [0, 0.1) is 5.41 Å². The molecular weight excluding hydrogens is 320 g/mol. The van der Waals surface area contributed by atoms with Crippen molar-refractivity contribution in [3.8, 4) is 0 Å². The molecule has 0 bridgehead atoms. The fraction of sp³-hybridized carbons (Fsp3) is 0.474. The molecule has 1 aromatic heterocycles. The lowest BCUT2D eigenvalue weighted by Crippen LogP contribution is -2.52. The Hall–Kier alpha value is -2.34. The summed E-state index contributed by atoms with van der Waals surface area (Å²) in [5, 5.41) is 10.7. The van der Waals surface area contributed by atoms with Crippen LogP contribution in [0.4, 0.5) is 0 Å². The molecule has 2 aromatic rings. The third kappa shape index (κ3) is 3.54. The maximum Gasteiger partial charge on any atom is 0.313 e. The number of rotatable bonds is 6. The number of piperidine rings is 1. The fourth-order valence-corrected chi connectivity index (χ4v) is 3.68. The number of methoxy groups -OCH3 is 1. The first kappa shape index (κ1) is 17.5. The number of aliphatic carboxylic acids is 1. The number of aromatic nitrogens is 1. The van der Waals surface area contributed by atoms with Gasteiger partial charge in [0.1, 0.15) is 5.41 Å². The first-order chi connectivity index (χ1) is 12.1. The van der Waals surface area contributed by atoms with Crippen LogP contribution in [-0.4, -0.2) is 53.3 Å². The molecule has 0 spiro atoms. The molecular formula is C19H24N2O4. The van der Waals surface area contributed by atoms with Crippen molar-refractivity contribution in [2.45, 2.75) is 25.8 Å². The van der Waals surface area contributed by atoms with E-state index in [1.807, 2.05) is 36.5 Å². The second-order valence-electron chi connectivity index (χ2n) is 6.76. The number of carbonyl (C=O) groups is 2. The van der Waals surface area contributed by atoms with E-state index in [1.54, 1.807) is 4.90 Å². The van der Waals surface area contributed by atoms with Crippen LogP contribution in [0.3, 0.4) is 0 Å². The summed E-state index contributed by atoms with van der Waals surface area (Å²) in [5.74, 6) is -0.887. The van der Waals surface area contributed by atoms with Crippen molar-refractivity contribution in [2.75, 3.05) is 26.8 Å². The number of hydrogen-bond acceptors (Lipinski definition) is 3. The summed E-state index contributed by atoms with van der Waals surface area (Å²) in [6.07, 6.45) is 3.58. The van der Waals surface area contributed by atoms with Crippen molar-refractivity contribution in [2.24, 2.45) is 5.41 Å². The van der Waals surface area contributed by atoms with Crippen LogP contribution in [0.1, 0.15) is 19.3 Å². The highest BCUT2D eigenvalue weighted by atomic mass is 16.5. The summed E-state index contributed by atoms with van der Waals surface area (Å²) in [6.45, 7) is 1.56. The van der Waals surface area contributed by atoms with Crippen LogP contribution < -0.4 is 0 Å². The third-order valence-corrected chi connectivity index (χ3v) is 5.05. The minimum Gasteiger partial charge on any atom is -0.481 e. The predicted molar refractivity (Wildman–Crippen MR) is 94.3 cm³/mol. The molecule has 3 rings (SSSR count). The molecule has 1 aromatic carbocycles. The van der Waals surface area contributed by atoms with E-state index in [-0.39, 0.29) is 19.1 Å². The lowest BCUT2D eigenvalue weighted by Gasteiger charge is -2.39. The Morgan fingerprint density at radius 2 is 2.08 bits per heavy atom. The second-order valence-corrected chi connectivity index (χ2v) is 6.76. The van der Waals surface area contributed by atoms with E-state index in [0.29, 0.717) is 32.4 Å². The summed E-state index contributed by atoms with van der Waals surface area (Å²) in [5.41, 5.74) is 0.121. The number of aryl methyl sites for hydroxylation is 1. The Bertz CT molecular complexity index is 766. The Morgan fingerprint density at radius 1 is 1.28 bits per heavy atom. The van der Waals surface area contributed by atoms with Gasteiger partial charge in [-0.2, -0.15) is 0 Å². The quantitative estimate of drug-likeness (QED) is 0.873. The molecule has 1 amide bonds. The van der Waals surface area contributed by atoms with Crippen LogP contribution in [0.5, 0.6) is 0 Å². The first-order valence-corrected chi connectivity index (χ1v) is 8.60. The predicted octanol–water partition coefficient (Wildman–Crippen LogP) is 2.37. The average Bonchev–Trinajstić information content (AvgIpc) is 3.03. The van der Waals surface area contributed by atoms with Gasteiger partial charge in [-0.1, -0.05) is 18.2 Å². The van der Waals surface area contributed by atoms with Gasteiger partial charge in [-0.3, -0.25) is 9.59 Å². The number of carboxylic acid groups (broad SMARTS) is 1. The molecule has 0 aliphatic carbocycles. The topological polar surface area (TPSA) is 71.8 Å². The lowest BCUT2D eigenvalue weighted by atomic mass is 9.80. The minimum absolute atomic E-state index is 0.000732. The van der Waals surface area contributed by atoms with Gasteiger partial charge in [-0.25, -0.2) is 0 Å². The SMILES string of the molecule is COCC1(C(=O)O)CCCN(C(=O)CCn2ccc3ccccc32)C1. The van der Waals surface area contributed by atoms with Crippen molar-refractivity contribution < 1.29 is 19.4 Å². The Balaban J connectivity index is 1.65. The first-order valence-electron chi connectivity index (χ1n) is 8.60. The van der Waals surface area contributed by atoms with E-state index < -0.39 is 11.4 Å². The molecule has 25 heavy (non-hydrogen) atoms. The molecule has 6 heteroatoms. The molecule has 1 saturated heterocycles.